The van der Waals surface area contributed by atoms with Crippen molar-refractivity contribution in [3.63, 3.8) is 0 Å². The summed E-state index contributed by atoms with van der Waals surface area (Å²) in [4.78, 5) is 20.6. The molecule has 2 heterocycles. The third-order valence-corrected chi connectivity index (χ3v) is 6.34. The molecule has 31 heavy (non-hydrogen) atoms. The molecule has 3 aromatic carbocycles. The first-order chi connectivity index (χ1) is 15.1. The van der Waals surface area contributed by atoms with Crippen LogP contribution in [0, 0.1) is 0 Å². The van der Waals surface area contributed by atoms with Crippen molar-refractivity contribution in [3.8, 4) is 0 Å². The van der Waals surface area contributed by atoms with E-state index < -0.39 is 0 Å². The van der Waals surface area contributed by atoms with Crippen LogP contribution in [0.15, 0.2) is 72.8 Å². The Balaban J connectivity index is 1.23. The van der Waals surface area contributed by atoms with E-state index in [2.05, 4.69) is 78.4 Å². The maximum absolute atomic E-state index is 12.7. The zero-order valence-electron chi connectivity index (χ0n) is 17.7. The average Bonchev–Trinajstić information content (AvgIpc) is 3.23. The van der Waals surface area contributed by atoms with Crippen molar-refractivity contribution in [2.24, 2.45) is 0 Å². The first-order valence-corrected chi connectivity index (χ1v) is 11.0. The predicted molar refractivity (Wildman–Crippen MR) is 125 cm³/mol. The van der Waals surface area contributed by atoms with Gasteiger partial charge >= 0.3 is 6.03 Å². The van der Waals surface area contributed by atoms with Crippen LogP contribution in [-0.2, 0) is 11.3 Å². The molecule has 2 aliphatic rings. The van der Waals surface area contributed by atoms with Crippen LogP contribution in [-0.4, -0.2) is 29.6 Å². The van der Waals surface area contributed by atoms with E-state index >= 15 is 0 Å². The Bertz CT molecular complexity index is 1130. The van der Waals surface area contributed by atoms with E-state index in [1.54, 1.807) is 0 Å². The summed E-state index contributed by atoms with van der Waals surface area (Å²) < 4.78 is 0. The second-order valence-corrected chi connectivity index (χ2v) is 8.36. The minimum Gasteiger partial charge on any atom is -0.324 e. The first kappa shape index (κ1) is 19.6. The molecular weight excluding hydrogens is 386 g/mol. The zero-order chi connectivity index (χ0) is 21.3. The predicted octanol–water partition coefficient (Wildman–Crippen LogP) is 5.34. The number of nitrogens with zero attached hydrogens (tertiary/aromatic N) is 1. The Labute approximate surface area is 182 Å². The lowest BCUT2D eigenvalue weighted by Crippen LogP contribution is -2.48. The molecule has 0 unspecified atom stereocenters. The third kappa shape index (κ3) is 4.01. The summed E-state index contributed by atoms with van der Waals surface area (Å²) in [6, 6.07) is 22.8. The summed E-state index contributed by atoms with van der Waals surface area (Å²) in [5.41, 5.74) is 6.99. The van der Waals surface area contributed by atoms with Crippen molar-refractivity contribution < 1.29 is 9.63 Å². The molecule has 158 valence electrons. The maximum atomic E-state index is 12.7. The summed E-state index contributed by atoms with van der Waals surface area (Å²) in [6.07, 6.45) is 4.71. The highest BCUT2D eigenvalue weighted by Crippen LogP contribution is 2.35. The number of aryl methyl sites for hydroxylation is 1. The van der Waals surface area contributed by atoms with Crippen LogP contribution in [0.3, 0.4) is 0 Å². The van der Waals surface area contributed by atoms with Crippen LogP contribution in [0.25, 0.3) is 16.5 Å². The van der Waals surface area contributed by atoms with E-state index in [0.717, 1.165) is 36.2 Å². The number of hydrogen-bond acceptors (Lipinski definition) is 3. The molecule has 2 N–H and O–H groups in total. The van der Waals surface area contributed by atoms with Crippen molar-refractivity contribution in [3.05, 3.63) is 83.9 Å². The van der Waals surface area contributed by atoms with Crippen LogP contribution in [0.2, 0.25) is 0 Å². The van der Waals surface area contributed by atoms with E-state index in [1.807, 2.05) is 17.0 Å². The number of carbonyl (C=O) groups excluding carboxylic acids is 1. The number of carbonyl (C=O) groups is 1. The van der Waals surface area contributed by atoms with Gasteiger partial charge in [0.15, 0.2) is 0 Å². The zero-order valence-corrected chi connectivity index (χ0v) is 17.7. The molecule has 0 aliphatic carbocycles. The molecule has 0 aromatic heterocycles. The fraction of sp³-hybridized carbons (Fsp3) is 0.269. The topological polar surface area (TPSA) is 53.6 Å². The Hall–Kier alpha value is -3.31. The lowest BCUT2D eigenvalue weighted by atomic mass is 9.90. The standard InChI is InChI=1S/C26H27N3O2/c1-2-19-7-11-23(12-8-19)27-25(30)29-15-13-26(14-16-29)18-24(28-31-26)22-10-9-20-5-3-4-6-21(20)17-22/h3-12,17-18,28H,2,13-16H2,1H3,(H,27,30). The average molecular weight is 414 g/mol. The first-order valence-electron chi connectivity index (χ1n) is 11.0. The Morgan fingerprint density at radius 3 is 2.52 bits per heavy atom. The number of nitrogens with one attached hydrogen (secondary N) is 2. The van der Waals surface area contributed by atoms with E-state index in [4.69, 9.17) is 4.84 Å². The normalized spacial score (nSPS) is 17.5. The van der Waals surface area contributed by atoms with Gasteiger partial charge in [0.1, 0.15) is 5.60 Å². The number of fused-ring (bicyclic) bond motifs is 1. The van der Waals surface area contributed by atoms with Gasteiger partial charge in [0.25, 0.3) is 0 Å². The number of hydrogen-bond donors (Lipinski definition) is 2. The number of amides is 2. The molecule has 1 fully saturated rings. The summed E-state index contributed by atoms with van der Waals surface area (Å²) in [6.45, 7) is 3.43. The smallest absolute Gasteiger partial charge is 0.321 e. The third-order valence-electron chi connectivity index (χ3n) is 6.34. The molecule has 1 saturated heterocycles. The molecule has 5 rings (SSSR count). The second-order valence-electron chi connectivity index (χ2n) is 8.36. The van der Waals surface area contributed by atoms with Gasteiger partial charge in [-0.1, -0.05) is 55.5 Å². The summed E-state index contributed by atoms with van der Waals surface area (Å²) in [5, 5.41) is 5.45. The monoisotopic (exact) mass is 413 g/mol. The summed E-state index contributed by atoms with van der Waals surface area (Å²) in [7, 11) is 0. The molecule has 0 bridgehead atoms. The number of benzene rings is 3. The number of likely N-dealkylation sites (tertiary alicyclic amines) is 1. The Morgan fingerprint density at radius 1 is 1.03 bits per heavy atom. The van der Waals surface area contributed by atoms with Crippen LogP contribution < -0.4 is 10.8 Å². The molecule has 0 radical (unpaired) electrons. The van der Waals surface area contributed by atoms with E-state index in [-0.39, 0.29) is 11.6 Å². The molecule has 0 atom stereocenters. The number of rotatable bonds is 3. The number of piperidine rings is 1. The fourth-order valence-electron chi connectivity index (χ4n) is 4.34. The van der Waals surface area contributed by atoms with Gasteiger partial charge in [-0.25, -0.2) is 4.79 Å². The minimum atomic E-state index is -0.361. The quantitative estimate of drug-likeness (QED) is 0.609. The summed E-state index contributed by atoms with van der Waals surface area (Å²) >= 11 is 0. The largest absolute Gasteiger partial charge is 0.324 e. The van der Waals surface area contributed by atoms with Gasteiger partial charge < -0.3 is 10.2 Å². The fourth-order valence-corrected chi connectivity index (χ4v) is 4.34. The van der Waals surface area contributed by atoms with Crippen molar-refractivity contribution in [2.45, 2.75) is 31.8 Å². The van der Waals surface area contributed by atoms with Gasteiger partial charge in [0.05, 0.1) is 5.70 Å². The minimum absolute atomic E-state index is 0.0520. The van der Waals surface area contributed by atoms with Crippen molar-refractivity contribution in [2.75, 3.05) is 18.4 Å². The molecular formula is C26H27N3O2. The highest BCUT2D eigenvalue weighted by Gasteiger charge is 2.39. The van der Waals surface area contributed by atoms with Crippen LogP contribution in [0.4, 0.5) is 10.5 Å². The van der Waals surface area contributed by atoms with Gasteiger partial charge in [0, 0.05) is 37.2 Å². The lowest BCUT2D eigenvalue weighted by Gasteiger charge is -2.36. The van der Waals surface area contributed by atoms with Gasteiger partial charge in [-0.15, -0.1) is 0 Å². The van der Waals surface area contributed by atoms with Crippen LogP contribution >= 0.6 is 0 Å². The molecule has 5 nitrogen and oxygen atoms in total. The molecule has 2 amide bonds. The Kier molecular flexibility index (Phi) is 5.12. The van der Waals surface area contributed by atoms with Crippen molar-refractivity contribution in [1.29, 1.82) is 0 Å². The number of urea groups is 1. The summed E-state index contributed by atoms with van der Waals surface area (Å²) in [5.74, 6) is 0. The van der Waals surface area contributed by atoms with Crippen molar-refractivity contribution >= 4 is 28.2 Å². The lowest BCUT2D eigenvalue weighted by molar-refractivity contribution is -0.0634. The number of hydroxylamine groups is 1. The van der Waals surface area contributed by atoms with Crippen molar-refractivity contribution in [1.82, 2.24) is 10.4 Å². The molecule has 2 aliphatic heterocycles. The van der Waals surface area contributed by atoms with E-state index in [9.17, 15) is 4.79 Å². The molecule has 1 spiro atoms. The van der Waals surface area contributed by atoms with Gasteiger partial charge in [-0.05, 0) is 47.0 Å². The highest BCUT2D eigenvalue weighted by molar-refractivity contribution is 5.89. The van der Waals surface area contributed by atoms with E-state index in [0.29, 0.717) is 13.1 Å². The number of anilines is 1. The molecule has 0 saturated carbocycles. The maximum Gasteiger partial charge on any atom is 0.321 e. The van der Waals surface area contributed by atoms with Gasteiger partial charge in [0.2, 0.25) is 0 Å². The van der Waals surface area contributed by atoms with E-state index in [1.165, 1.54) is 16.3 Å². The molecule has 5 heteroatoms. The van der Waals surface area contributed by atoms with Gasteiger partial charge in [-0.3, -0.25) is 10.3 Å². The molecule has 3 aromatic rings. The Morgan fingerprint density at radius 2 is 1.77 bits per heavy atom. The van der Waals surface area contributed by atoms with Crippen LogP contribution in [0.5, 0.6) is 0 Å². The van der Waals surface area contributed by atoms with Gasteiger partial charge in [-0.2, -0.15) is 0 Å². The highest BCUT2D eigenvalue weighted by atomic mass is 16.7. The second kappa shape index (κ2) is 8.08. The SMILES string of the molecule is CCc1ccc(NC(=O)N2CCC3(C=C(c4ccc5ccccc5c4)NO3)CC2)cc1. The van der Waals surface area contributed by atoms with Crippen LogP contribution in [0.1, 0.15) is 30.9 Å².